The molecule has 0 aliphatic carbocycles. The second kappa shape index (κ2) is 3.86. The number of alkyl halides is 3. The van der Waals surface area contributed by atoms with Crippen LogP contribution < -0.4 is 0 Å². The summed E-state index contributed by atoms with van der Waals surface area (Å²) in [5, 5.41) is 8.62. The van der Waals surface area contributed by atoms with Crippen LogP contribution in [0.1, 0.15) is 11.1 Å². The molecule has 14 heavy (non-hydrogen) atoms. The summed E-state index contributed by atoms with van der Waals surface area (Å²) in [7, 11) is 0. The van der Waals surface area contributed by atoms with E-state index in [1.807, 2.05) is 0 Å². The van der Waals surface area contributed by atoms with E-state index in [0.717, 1.165) is 12.1 Å². The van der Waals surface area contributed by atoms with E-state index in [-0.39, 0.29) is 4.47 Å². The van der Waals surface area contributed by atoms with E-state index >= 15 is 0 Å². The number of benzene rings is 1. The number of aliphatic hydroxyl groups excluding tert-OH is 1. The summed E-state index contributed by atoms with van der Waals surface area (Å²) in [6.07, 6.45) is -4.80. The van der Waals surface area contributed by atoms with Crippen molar-refractivity contribution in [1.82, 2.24) is 0 Å². The summed E-state index contributed by atoms with van der Waals surface area (Å²) in [5.74, 6) is -1.40. The van der Waals surface area contributed by atoms with Gasteiger partial charge in [-0.1, -0.05) is 6.07 Å². The summed E-state index contributed by atoms with van der Waals surface area (Å²) in [6.45, 7) is -0.848. The Labute approximate surface area is 85.5 Å². The number of hydrogen-bond donors (Lipinski definition) is 1. The fourth-order valence-electron chi connectivity index (χ4n) is 1.03. The fourth-order valence-corrected chi connectivity index (χ4v) is 1.36. The van der Waals surface area contributed by atoms with Crippen molar-refractivity contribution in [3.05, 3.63) is 33.5 Å². The molecule has 1 rings (SSSR count). The van der Waals surface area contributed by atoms with Crippen LogP contribution in [0.4, 0.5) is 17.6 Å². The lowest BCUT2D eigenvalue weighted by molar-refractivity contribution is -0.141. The molecular formula is C8H5BrF4O. The van der Waals surface area contributed by atoms with E-state index in [0.29, 0.717) is 0 Å². The molecule has 0 unspecified atom stereocenters. The van der Waals surface area contributed by atoms with Crippen molar-refractivity contribution < 1.29 is 22.7 Å². The van der Waals surface area contributed by atoms with Crippen LogP contribution in [0.2, 0.25) is 0 Å². The first kappa shape index (κ1) is 11.5. The molecule has 78 valence electrons. The number of aliphatic hydroxyl groups is 1. The fraction of sp³-hybridized carbons (Fsp3) is 0.250. The highest BCUT2D eigenvalue weighted by atomic mass is 79.9. The zero-order valence-electron chi connectivity index (χ0n) is 6.70. The van der Waals surface area contributed by atoms with Gasteiger partial charge in [-0.3, -0.25) is 0 Å². The Morgan fingerprint density at radius 2 is 1.86 bits per heavy atom. The largest absolute Gasteiger partial charge is 0.419 e. The normalized spacial score (nSPS) is 11.9. The second-order valence-corrected chi connectivity index (χ2v) is 3.41. The smallest absolute Gasteiger partial charge is 0.392 e. The molecule has 1 nitrogen and oxygen atoms in total. The van der Waals surface area contributed by atoms with E-state index in [4.69, 9.17) is 5.11 Å². The van der Waals surface area contributed by atoms with Gasteiger partial charge in [0.05, 0.1) is 16.6 Å². The van der Waals surface area contributed by atoms with Gasteiger partial charge in [0, 0.05) is 0 Å². The molecule has 0 aliphatic heterocycles. The predicted octanol–water partition coefficient (Wildman–Crippen LogP) is 3.10. The predicted molar refractivity (Wildman–Crippen MR) is 45.0 cm³/mol. The van der Waals surface area contributed by atoms with Crippen molar-refractivity contribution in [2.45, 2.75) is 12.8 Å². The van der Waals surface area contributed by atoms with Gasteiger partial charge in [-0.25, -0.2) is 4.39 Å². The van der Waals surface area contributed by atoms with Gasteiger partial charge in [-0.2, -0.15) is 13.2 Å². The van der Waals surface area contributed by atoms with E-state index < -0.39 is 29.7 Å². The third kappa shape index (κ3) is 2.06. The van der Waals surface area contributed by atoms with Crippen molar-refractivity contribution in [2.75, 3.05) is 0 Å². The maximum atomic E-state index is 13.1. The van der Waals surface area contributed by atoms with Crippen molar-refractivity contribution >= 4 is 15.9 Å². The van der Waals surface area contributed by atoms with E-state index in [1.165, 1.54) is 0 Å². The quantitative estimate of drug-likeness (QED) is 0.779. The number of halogens is 5. The van der Waals surface area contributed by atoms with Crippen molar-refractivity contribution in [2.24, 2.45) is 0 Å². The third-order valence-corrected chi connectivity index (χ3v) is 2.25. The molecule has 0 spiro atoms. The van der Waals surface area contributed by atoms with Gasteiger partial charge in [-0.15, -0.1) is 0 Å². The molecule has 0 bridgehead atoms. The topological polar surface area (TPSA) is 20.2 Å². The molecule has 0 aromatic heterocycles. The molecule has 0 amide bonds. The zero-order chi connectivity index (χ0) is 10.9. The molecule has 1 aromatic carbocycles. The summed E-state index contributed by atoms with van der Waals surface area (Å²) >= 11 is 2.65. The van der Waals surface area contributed by atoms with Crippen LogP contribution >= 0.6 is 15.9 Å². The summed E-state index contributed by atoms with van der Waals surface area (Å²) in [5.41, 5.74) is -1.90. The van der Waals surface area contributed by atoms with Crippen LogP contribution in [0.5, 0.6) is 0 Å². The lowest BCUT2D eigenvalue weighted by atomic mass is 10.1. The summed E-state index contributed by atoms with van der Waals surface area (Å²) in [6, 6.07) is 2.14. The highest BCUT2D eigenvalue weighted by Gasteiger charge is 2.37. The van der Waals surface area contributed by atoms with Gasteiger partial charge in [0.25, 0.3) is 0 Å². The highest BCUT2D eigenvalue weighted by molar-refractivity contribution is 9.10. The average Bonchev–Trinajstić information content (AvgIpc) is 2.07. The lowest BCUT2D eigenvalue weighted by Crippen LogP contribution is -2.12. The molecule has 1 N–H and O–H groups in total. The van der Waals surface area contributed by atoms with Crippen LogP contribution in [-0.2, 0) is 12.8 Å². The molecule has 0 radical (unpaired) electrons. The van der Waals surface area contributed by atoms with Gasteiger partial charge < -0.3 is 5.11 Å². The monoisotopic (exact) mass is 272 g/mol. The average molecular weight is 273 g/mol. The molecule has 1 aromatic rings. The van der Waals surface area contributed by atoms with Crippen LogP contribution in [-0.4, -0.2) is 5.11 Å². The van der Waals surface area contributed by atoms with Gasteiger partial charge in [0.15, 0.2) is 0 Å². The molecule has 0 fully saturated rings. The molecule has 0 atom stereocenters. The zero-order valence-corrected chi connectivity index (χ0v) is 8.28. The molecule has 0 heterocycles. The highest BCUT2D eigenvalue weighted by Crippen LogP contribution is 2.36. The summed E-state index contributed by atoms with van der Waals surface area (Å²) < 4.78 is 49.7. The maximum absolute atomic E-state index is 13.1. The first-order valence-electron chi connectivity index (χ1n) is 3.53. The van der Waals surface area contributed by atoms with Gasteiger partial charge in [-0.05, 0) is 27.6 Å². The lowest BCUT2D eigenvalue weighted by Gasteiger charge is -2.12. The third-order valence-electron chi connectivity index (χ3n) is 1.63. The first-order valence-corrected chi connectivity index (χ1v) is 4.32. The first-order chi connectivity index (χ1) is 6.38. The van der Waals surface area contributed by atoms with Crippen molar-refractivity contribution in [1.29, 1.82) is 0 Å². The van der Waals surface area contributed by atoms with Gasteiger partial charge in [0.1, 0.15) is 5.82 Å². The van der Waals surface area contributed by atoms with Crippen molar-refractivity contribution in [3.8, 4) is 0 Å². The minimum atomic E-state index is -4.80. The van der Waals surface area contributed by atoms with E-state index in [9.17, 15) is 17.6 Å². The minimum absolute atomic E-state index is 0.276. The van der Waals surface area contributed by atoms with Gasteiger partial charge >= 0.3 is 6.18 Å². The summed E-state index contributed by atoms with van der Waals surface area (Å²) in [4.78, 5) is 0. The molecular weight excluding hydrogens is 268 g/mol. The van der Waals surface area contributed by atoms with E-state index in [1.54, 1.807) is 0 Å². The Morgan fingerprint density at radius 1 is 1.29 bits per heavy atom. The molecule has 0 saturated carbocycles. The molecule has 6 heteroatoms. The van der Waals surface area contributed by atoms with Crippen molar-refractivity contribution in [3.63, 3.8) is 0 Å². The van der Waals surface area contributed by atoms with Crippen LogP contribution in [0.25, 0.3) is 0 Å². The molecule has 0 aliphatic rings. The molecule has 0 saturated heterocycles. The van der Waals surface area contributed by atoms with Crippen LogP contribution in [0, 0.1) is 5.82 Å². The minimum Gasteiger partial charge on any atom is -0.392 e. The Bertz CT molecular complexity index is 348. The Kier molecular flexibility index (Phi) is 3.16. The van der Waals surface area contributed by atoms with E-state index in [2.05, 4.69) is 15.9 Å². The Morgan fingerprint density at radius 3 is 2.29 bits per heavy atom. The van der Waals surface area contributed by atoms with Gasteiger partial charge in [0.2, 0.25) is 0 Å². The standard InChI is InChI=1S/C8H5BrF4O/c9-5-2-1-4(3-14)6(7(5)10)8(11,12)13/h1-2,14H,3H2. The number of hydrogen-bond acceptors (Lipinski definition) is 1. The SMILES string of the molecule is OCc1ccc(Br)c(F)c1C(F)(F)F. The van der Waals surface area contributed by atoms with Crippen LogP contribution in [0.3, 0.4) is 0 Å². The maximum Gasteiger partial charge on any atom is 0.419 e. The Hall–Kier alpha value is -0.620. The second-order valence-electron chi connectivity index (χ2n) is 2.55. The number of rotatable bonds is 1. The Balaban J connectivity index is 3.44. The van der Waals surface area contributed by atoms with Crippen LogP contribution in [0.15, 0.2) is 16.6 Å².